The molecule has 2 N–H and O–H groups in total. The Bertz CT molecular complexity index is 1130. The number of aliphatic carboxylic acids is 1. The standard InChI is InChI=1S/C17H20F2N4O4S.C6H4Cl2/c1-27-16(26)11-7-21-14(15-20-4-5-28-15)22-12(11)8-23-9-17(18,19)6-10(23)2-3-13(24)25;7-5-2-1-3-6(8)4-5/h4-5,10H,2-3,6-9H2,1H3,(H,21,22)(H,24,25);1-4H. The molecule has 194 valence electrons. The van der Waals surface area contributed by atoms with Gasteiger partial charge in [-0.2, -0.15) is 0 Å². The Balaban J connectivity index is 0.000000383. The summed E-state index contributed by atoms with van der Waals surface area (Å²) in [6, 6.07) is 6.48. The molecule has 1 atom stereocenters. The Morgan fingerprint density at radius 3 is 2.61 bits per heavy atom. The third kappa shape index (κ3) is 7.95. The Kier molecular flexibility index (Phi) is 9.77. The summed E-state index contributed by atoms with van der Waals surface area (Å²) in [5, 5.41) is 15.7. The van der Waals surface area contributed by atoms with Crippen LogP contribution in [0.1, 0.15) is 24.3 Å². The van der Waals surface area contributed by atoms with Crippen molar-refractivity contribution in [1.29, 1.82) is 0 Å². The molecule has 0 saturated carbocycles. The minimum Gasteiger partial charge on any atom is -0.481 e. The summed E-state index contributed by atoms with van der Waals surface area (Å²) in [5.41, 5.74) is 0.681. The van der Waals surface area contributed by atoms with Gasteiger partial charge in [0.15, 0.2) is 10.8 Å². The van der Waals surface area contributed by atoms with Gasteiger partial charge < -0.3 is 15.2 Å². The minimum absolute atomic E-state index is 0.0364. The SMILES string of the molecule is COC(=O)C1=C(CN2CC(F)(F)CC2CCC(=O)O)NC(c2nccs2)=NC1.Clc1cccc(Cl)c1. The molecule has 3 heterocycles. The summed E-state index contributed by atoms with van der Waals surface area (Å²) < 4.78 is 32.8. The molecule has 1 unspecified atom stereocenters. The molecular weight excluding hydrogens is 537 g/mol. The minimum atomic E-state index is -2.91. The molecule has 13 heteroatoms. The molecule has 0 aliphatic carbocycles. The lowest BCUT2D eigenvalue weighted by atomic mass is 10.1. The van der Waals surface area contributed by atoms with Gasteiger partial charge in [-0.25, -0.2) is 18.6 Å². The first kappa shape index (κ1) is 28.0. The zero-order chi connectivity index (χ0) is 26.3. The van der Waals surface area contributed by atoms with Crippen molar-refractivity contribution < 1.29 is 28.2 Å². The summed E-state index contributed by atoms with van der Waals surface area (Å²) in [7, 11) is 1.24. The lowest BCUT2D eigenvalue weighted by Gasteiger charge is -2.28. The summed E-state index contributed by atoms with van der Waals surface area (Å²) in [6.07, 6.45) is 1.12. The number of hydrogen-bond donors (Lipinski definition) is 2. The van der Waals surface area contributed by atoms with Gasteiger partial charge in [0.25, 0.3) is 5.92 Å². The van der Waals surface area contributed by atoms with Gasteiger partial charge in [-0.05, 0) is 24.6 Å². The van der Waals surface area contributed by atoms with E-state index in [0.717, 1.165) is 0 Å². The van der Waals surface area contributed by atoms with Crippen molar-refractivity contribution in [2.45, 2.75) is 31.2 Å². The Labute approximate surface area is 220 Å². The number of likely N-dealkylation sites (tertiary alicyclic amines) is 1. The molecule has 2 aliphatic heterocycles. The Hall–Kier alpha value is -2.60. The van der Waals surface area contributed by atoms with Gasteiger partial charge in [0.2, 0.25) is 0 Å². The predicted octanol–water partition coefficient (Wildman–Crippen LogP) is 4.49. The fraction of sp³-hybridized carbons (Fsp3) is 0.391. The molecule has 1 saturated heterocycles. The molecule has 0 spiro atoms. The van der Waals surface area contributed by atoms with Crippen molar-refractivity contribution >= 4 is 52.3 Å². The second kappa shape index (κ2) is 12.6. The number of nitrogens with zero attached hydrogens (tertiary/aromatic N) is 3. The number of carbonyl (C=O) groups is 2. The van der Waals surface area contributed by atoms with Crippen LogP contribution in [0.2, 0.25) is 10.0 Å². The van der Waals surface area contributed by atoms with Crippen molar-refractivity contribution in [3.8, 4) is 0 Å². The summed E-state index contributed by atoms with van der Waals surface area (Å²) in [5.74, 6) is -4.06. The number of carbonyl (C=O) groups excluding carboxylic acids is 1. The van der Waals surface area contributed by atoms with Gasteiger partial charge in [0.1, 0.15) is 0 Å². The first-order valence-electron chi connectivity index (χ1n) is 10.8. The lowest BCUT2D eigenvalue weighted by molar-refractivity contribution is -0.137. The van der Waals surface area contributed by atoms with Crippen LogP contribution in [0.25, 0.3) is 0 Å². The van der Waals surface area contributed by atoms with E-state index >= 15 is 0 Å². The molecule has 4 rings (SSSR count). The number of thiazole rings is 1. The number of benzene rings is 1. The first-order valence-corrected chi connectivity index (χ1v) is 12.5. The van der Waals surface area contributed by atoms with Gasteiger partial charge in [-0.15, -0.1) is 11.3 Å². The molecule has 0 radical (unpaired) electrons. The monoisotopic (exact) mass is 560 g/mol. The van der Waals surface area contributed by atoms with Crippen LogP contribution < -0.4 is 5.32 Å². The van der Waals surface area contributed by atoms with E-state index < -0.39 is 36.9 Å². The zero-order valence-corrected chi connectivity index (χ0v) is 21.5. The van der Waals surface area contributed by atoms with Crippen molar-refractivity contribution in [2.24, 2.45) is 4.99 Å². The van der Waals surface area contributed by atoms with E-state index in [1.807, 2.05) is 6.07 Å². The van der Waals surface area contributed by atoms with Crippen LogP contribution in [0.5, 0.6) is 0 Å². The maximum Gasteiger partial charge on any atom is 0.337 e. The van der Waals surface area contributed by atoms with E-state index in [4.69, 9.17) is 33.0 Å². The topological polar surface area (TPSA) is 104 Å². The number of aromatic nitrogens is 1. The number of carboxylic acids is 1. The highest BCUT2D eigenvalue weighted by Gasteiger charge is 2.45. The molecule has 8 nitrogen and oxygen atoms in total. The Morgan fingerprint density at radius 2 is 2.06 bits per heavy atom. The Morgan fingerprint density at radius 1 is 1.33 bits per heavy atom. The molecule has 2 aliphatic rings. The van der Waals surface area contributed by atoms with Gasteiger partial charge in [-0.3, -0.25) is 14.7 Å². The lowest BCUT2D eigenvalue weighted by Crippen LogP contribution is -2.41. The van der Waals surface area contributed by atoms with E-state index in [9.17, 15) is 18.4 Å². The maximum atomic E-state index is 14.0. The molecule has 1 fully saturated rings. The smallest absolute Gasteiger partial charge is 0.337 e. The normalized spacial score (nSPS) is 19.1. The number of amidine groups is 1. The fourth-order valence-electron chi connectivity index (χ4n) is 3.81. The number of halogens is 4. The second-order valence-corrected chi connectivity index (χ2v) is 9.83. The van der Waals surface area contributed by atoms with Crippen molar-refractivity contribution in [1.82, 2.24) is 15.2 Å². The molecule has 2 aromatic rings. The van der Waals surface area contributed by atoms with Crippen LogP contribution in [-0.4, -0.2) is 71.5 Å². The number of aliphatic imine (C=N–C) groups is 1. The number of nitrogens with one attached hydrogen (secondary N) is 1. The number of methoxy groups -OCH3 is 1. The van der Waals surface area contributed by atoms with Crippen molar-refractivity contribution in [2.75, 3.05) is 26.7 Å². The first-order chi connectivity index (χ1) is 17.1. The maximum absolute atomic E-state index is 14.0. The van der Waals surface area contributed by atoms with E-state index in [0.29, 0.717) is 26.6 Å². The van der Waals surface area contributed by atoms with E-state index in [2.05, 4.69) is 15.3 Å². The van der Waals surface area contributed by atoms with Crippen LogP contribution in [0.15, 0.2) is 52.1 Å². The van der Waals surface area contributed by atoms with Crippen LogP contribution >= 0.6 is 34.5 Å². The third-order valence-corrected chi connectivity index (χ3v) is 6.67. The van der Waals surface area contributed by atoms with E-state index in [1.165, 1.54) is 23.3 Å². The molecule has 0 amide bonds. The fourth-order valence-corrected chi connectivity index (χ4v) is 4.84. The van der Waals surface area contributed by atoms with Crippen LogP contribution in [0, 0.1) is 0 Å². The van der Waals surface area contributed by atoms with Gasteiger partial charge >= 0.3 is 11.9 Å². The van der Waals surface area contributed by atoms with Crippen molar-refractivity contribution in [3.05, 3.63) is 62.2 Å². The third-order valence-electron chi connectivity index (χ3n) is 5.42. The van der Waals surface area contributed by atoms with Crippen LogP contribution in [0.4, 0.5) is 8.78 Å². The molecule has 36 heavy (non-hydrogen) atoms. The van der Waals surface area contributed by atoms with E-state index in [-0.39, 0.29) is 31.5 Å². The predicted molar refractivity (Wildman–Crippen MR) is 134 cm³/mol. The highest BCUT2D eigenvalue weighted by molar-refractivity contribution is 7.11. The van der Waals surface area contributed by atoms with Crippen LogP contribution in [-0.2, 0) is 14.3 Å². The zero-order valence-electron chi connectivity index (χ0n) is 19.2. The quantitative estimate of drug-likeness (QED) is 0.481. The highest BCUT2D eigenvalue weighted by atomic mass is 35.5. The average Bonchev–Trinajstić information content (AvgIpc) is 3.45. The van der Waals surface area contributed by atoms with Crippen LogP contribution in [0.3, 0.4) is 0 Å². The molecule has 1 aromatic heterocycles. The summed E-state index contributed by atoms with van der Waals surface area (Å²) in [6.45, 7) is -0.413. The molecular formula is C23H24Cl2F2N4O4S. The largest absolute Gasteiger partial charge is 0.481 e. The molecule has 0 bridgehead atoms. The highest BCUT2D eigenvalue weighted by Crippen LogP contribution is 2.35. The number of rotatable bonds is 7. The van der Waals surface area contributed by atoms with Gasteiger partial charge in [0.05, 0.1) is 25.8 Å². The second-order valence-electron chi connectivity index (χ2n) is 8.07. The van der Waals surface area contributed by atoms with Gasteiger partial charge in [-0.1, -0.05) is 29.3 Å². The van der Waals surface area contributed by atoms with Crippen molar-refractivity contribution in [3.63, 3.8) is 0 Å². The molecule has 1 aromatic carbocycles. The average molecular weight is 561 g/mol. The summed E-state index contributed by atoms with van der Waals surface area (Å²) >= 11 is 12.5. The number of ether oxygens (including phenoxy) is 1. The number of carboxylic acid groups (broad SMARTS) is 1. The number of alkyl halides is 2. The van der Waals surface area contributed by atoms with Gasteiger partial charge in [0, 0.05) is 52.7 Å². The number of esters is 1. The van der Waals surface area contributed by atoms with E-state index in [1.54, 1.807) is 29.8 Å². The summed E-state index contributed by atoms with van der Waals surface area (Å²) in [4.78, 5) is 33.0. The number of hydrogen-bond acceptors (Lipinski definition) is 8.